The molecule has 0 aromatic rings. The molecule has 2 atom stereocenters. The van der Waals surface area contributed by atoms with Crippen LogP contribution in [-0.2, 0) is 0 Å². The summed E-state index contributed by atoms with van der Waals surface area (Å²) in [5.41, 5.74) is 3.00. The third kappa shape index (κ3) is 2.94. The molecule has 0 saturated heterocycles. The maximum Gasteiger partial charge on any atom is 0.0898 e. The topological polar surface area (TPSA) is 20.2 Å². The lowest BCUT2D eigenvalue weighted by Gasteiger charge is -2.39. The fraction of sp³-hybridized carbons (Fsp3) is 0.714. The zero-order valence-electron chi connectivity index (χ0n) is 10.6. The van der Waals surface area contributed by atoms with E-state index < -0.39 is 5.60 Å². The molecule has 86 valence electrons. The first-order valence-corrected chi connectivity index (χ1v) is 5.89. The summed E-state index contributed by atoms with van der Waals surface area (Å²) >= 11 is 0. The van der Waals surface area contributed by atoms with E-state index in [-0.39, 0.29) is 0 Å². The van der Waals surface area contributed by atoms with E-state index in [9.17, 15) is 5.11 Å². The van der Waals surface area contributed by atoms with E-state index in [0.717, 1.165) is 24.8 Å². The molecular weight excluding hydrogens is 184 g/mol. The first-order chi connectivity index (χ1) is 6.85. The van der Waals surface area contributed by atoms with Gasteiger partial charge in [0, 0.05) is 6.42 Å². The fourth-order valence-corrected chi connectivity index (χ4v) is 2.82. The Bertz CT molecular complexity index is 284. The predicted molar refractivity (Wildman–Crippen MR) is 65.8 cm³/mol. The van der Waals surface area contributed by atoms with Crippen LogP contribution in [0.3, 0.4) is 0 Å². The van der Waals surface area contributed by atoms with Gasteiger partial charge in [-0.1, -0.05) is 18.1 Å². The summed E-state index contributed by atoms with van der Waals surface area (Å²) in [5.74, 6) is 0.623. The fourth-order valence-electron chi connectivity index (χ4n) is 2.82. The van der Waals surface area contributed by atoms with Crippen molar-refractivity contribution in [3.8, 4) is 0 Å². The van der Waals surface area contributed by atoms with Crippen molar-refractivity contribution >= 4 is 0 Å². The molecule has 15 heavy (non-hydrogen) atoms. The van der Waals surface area contributed by atoms with Gasteiger partial charge in [-0.15, -0.1) is 6.58 Å². The molecule has 0 aromatic carbocycles. The average Bonchev–Trinajstić information content (AvgIpc) is 1.99. The minimum absolute atomic E-state index is 0.609. The minimum Gasteiger partial charge on any atom is -0.385 e. The Morgan fingerprint density at radius 3 is 2.53 bits per heavy atom. The number of aliphatic hydroxyl groups is 1. The average molecular weight is 208 g/mol. The van der Waals surface area contributed by atoms with Crippen LogP contribution in [0.25, 0.3) is 0 Å². The first kappa shape index (κ1) is 12.5. The molecule has 0 aliphatic heterocycles. The monoisotopic (exact) mass is 208 g/mol. The van der Waals surface area contributed by atoms with Crippen LogP contribution in [-0.4, -0.2) is 10.7 Å². The Balaban J connectivity index is 2.97. The Hall–Kier alpha value is -0.560. The van der Waals surface area contributed by atoms with Crippen molar-refractivity contribution in [2.24, 2.45) is 5.92 Å². The molecule has 1 rings (SSSR count). The Morgan fingerprint density at radius 2 is 2.07 bits per heavy atom. The molecule has 1 N–H and O–H groups in total. The van der Waals surface area contributed by atoms with Gasteiger partial charge in [0.1, 0.15) is 0 Å². The number of rotatable bonds is 2. The first-order valence-electron chi connectivity index (χ1n) is 5.89. The van der Waals surface area contributed by atoms with E-state index in [1.165, 1.54) is 17.6 Å². The zero-order valence-corrected chi connectivity index (χ0v) is 10.6. The van der Waals surface area contributed by atoms with Crippen LogP contribution < -0.4 is 0 Å². The maximum absolute atomic E-state index is 10.7. The van der Waals surface area contributed by atoms with E-state index >= 15 is 0 Å². The summed E-state index contributed by atoms with van der Waals surface area (Å²) in [4.78, 5) is 0. The molecule has 0 spiro atoms. The van der Waals surface area contributed by atoms with E-state index in [4.69, 9.17) is 0 Å². The predicted octanol–water partition coefficient (Wildman–Crippen LogP) is 3.84. The van der Waals surface area contributed by atoms with Crippen LogP contribution in [0.1, 0.15) is 53.4 Å². The van der Waals surface area contributed by atoms with Gasteiger partial charge in [-0.25, -0.2) is 0 Å². The molecule has 1 fully saturated rings. The van der Waals surface area contributed by atoms with Gasteiger partial charge in [0.2, 0.25) is 0 Å². The summed E-state index contributed by atoms with van der Waals surface area (Å²) in [6.07, 6.45) is 3.87. The van der Waals surface area contributed by atoms with Gasteiger partial charge in [0.05, 0.1) is 5.60 Å². The number of allylic oxidation sites excluding steroid dienone is 1. The van der Waals surface area contributed by atoms with Crippen LogP contribution in [0.5, 0.6) is 0 Å². The molecule has 0 unspecified atom stereocenters. The molecular formula is C14H24O. The highest BCUT2D eigenvalue weighted by Crippen LogP contribution is 2.41. The quantitative estimate of drug-likeness (QED) is 0.684. The molecule has 0 bridgehead atoms. The zero-order chi connectivity index (χ0) is 11.6. The van der Waals surface area contributed by atoms with Gasteiger partial charge in [0.15, 0.2) is 0 Å². The molecule has 1 aliphatic rings. The highest BCUT2D eigenvalue weighted by molar-refractivity contribution is 5.26. The van der Waals surface area contributed by atoms with Crippen LogP contribution in [0.2, 0.25) is 0 Å². The highest BCUT2D eigenvalue weighted by atomic mass is 16.3. The van der Waals surface area contributed by atoms with Crippen molar-refractivity contribution in [1.29, 1.82) is 0 Å². The summed E-state index contributed by atoms with van der Waals surface area (Å²) < 4.78 is 0. The Morgan fingerprint density at radius 1 is 1.47 bits per heavy atom. The Labute approximate surface area is 93.9 Å². The van der Waals surface area contributed by atoms with E-state index in [1.807, 2.05) is 6.92 Å². The smallest absolute Gasteiger partial charge is 0.0898 e. The summed E-state index contributed by atoms with van der Waals surface area (Å²) in [5, 5.41) is 10.7. The SMILES string of the molecule is C=C(C)C[C@@]1(O)C[C@H](C)CCC1=C(C)C. The largest absolute Gasteiger partial charge is 0.385 e. The van der Waals surface area contributed by atoms with Crippen LogP contribution in [0.15, 0.2) is 23.3 Å². The molecule has 1 saturated carbocycles. The van der Waals surface area contributed by atoms with E-state index in [2.05, 4.69) is 27.4 Å². The standard InChI is InChI=1S/C14H24O/c1-10(2)8-14(15)9-12(5)6-7-13(14)11(3)4/h12,15H,1,6-9H2,2-5H3/t12-,14-/m1/s1. The second-order valence-electron chi connectivity index (χ2n) is 5.49. The lowest BCUT2D eigenvalue weighted by molar-refractivity contribution is 0.0334. The molecule has 0 radical (unpaired) electrons. The molecule has 0 aromatic heterocycles. The lowest BCUT2D eigenvalue weighted by atomic mass is 9.71. The van der Waals surface area contributed by atoms with Gasteiger partial charge < -0.3 is 5.11 Å². The molecule has 0 heterocycles. The van der Waals surface area contributed by atoms with Gasteiger partial charge in [0.25, 0.3) is 0 Å². The number of hydrogen-bond acceptors (Lipinski definition) is 1. The summed E-state index contributed by atoms with van der Waals surface area (Å²) in [6, 6.07) is 0. The van der Waals surface area contributed by atoms with Gasteiger partial charge in [-0.05, 0) is 51.5 Å². The summed E-state index contributed by atoms with van der Waals surface area (Å²) in [6.45, 7) is 12.4. The lowest BCUT2D eigenvalue weighted by Crippen LogP contribution is -2.37. The van der Waals surface area contributed by atoms with Crippen LogP contribution >= 0.6 is 0 Å². The summed E-state index contributed by atoms with van der Waals surface area (Å²) in [7, 11) is 0. The third-order valence-electron chi connectivity index (χ3n) is 3.33. The minimum atomic E-state index is -0.609. The van der Waals surface area contributed by atoms with E-state index in [1.54, 1.807) is 0 Å². The van der Waals surface area contributed by atoms with Crippen molar-refractivity contribution in [3.05, 3.63) is 23.3 Å². The molecule has 0 amide bonds. The van der Waals surface area contributed by atoms with Crippen molar-refractivity contribution in [3.63, 3.8) is 0 Å². The molecule has 1 heteroatoms. The van der Waals surface area contributed by atoms with Crippen LogP contribution in [0.4, 0.5) is 0 Å². The van der Waals surface area contributed by atoms with Crippen molar-refractivity contribution in [2.45, 2.75) is 59.0 Å². The Kier molecular flexibility index (Phi) is 3.77. The van der Waals surface area contributed by atoms with Crippen molar-refractivity contribution in [2.75, 3.05) is 0 Å². The maximum atomic E-state index is 10.7. The van der Waals surface area contributed by atoms with E-state index in [0.29, 0.717) is 5.92 Å². The van der Waals surface area contributed by atoms with Crippen LogP contribution in [0, 0.1) is 5.92 Å². The molecule has 1 nitrogen and oxygen atoms in total. The van der Waals surface area contributed by atoms with Crippen molar-refractivity contribution < 1.29 is 5.11 Å². The van der Waals surface area contributed by atoms with Gasteiger partial charge in [-0.2, -0.15) is 0 Å². The van der Waals surface area contributed by atoms with Crippen molar-refractivity contribution in [1.82, 2.24) is 0 Å². The second kappa shape index (κ2) is 4.52. The normalized spacial score (nSPS) is 31.5. The third-order valence-corrected chi connectivity index (χ3v) is 3.33. The van der Waals surface area contributed by atoms with Gasteiger partial charge >= 0.3 is 0 Å². The highest BCUT2D eigenvalue weighted by Gasteiger charge is 2.37. The second-order valence-corrected chi connectivity index (χ2v) is 5.49. The van der Waals surface area contributed by atoms with Gasteiger partial charge in [-0.3, -0.25) is 0 Å². The molecule has 1 aliphatic carbocycles. The number of hydrogen-bond donors (Lipinski definition) is 1.